The number of carbonyl (C=O) groups is 2. The Morgan fingerprint density at radius 3 is 2.50 bits per heavy atom. The van der Waals surface area contributed by atoms with Crippen LogP contribution in [0, 0.1) is 5.92 Å². The minimum Gasteiger partial charge on any atom is -0.462 e. The number of amides is 1. The van der Waals surface area contributed by atoms with E-state index in [2.05, 4.69) is 12.2 Å². The van der Waals surface area contributed by atoms with Crippen molar-refractivity contribution in [2.45, 2.75) is 56.9 Å². The summed E-state index contributed by atoms with van der Waals surface area (Å²) in [5, 5.41) is 3.36. The lowest BCUT2D eigenvalue weighted by molar-refractivity contribution is 0.0526. The Bertz CT molecular complexity index is 1130. The highest BCUT2D eigenvalue weighted by Gasteiger charge is 2.35. The molecule has 0 bridgehead atoms. The molecule has 2 aliphatic carbocycles. The molecule has 0 radical (unpaired) electrons. The van der Waals surface area contributed by atoms with Crippen molar-refractivity contribution < 1.29 is 22.7 Å². The van der Waals surface area contributed by atoms with Gasteiger partial charge in [0.2, 0.25) is 10.0 Å². The van der Waals surface area contributed by atoms with E-state index in [0.717, 1.165) is 42.5 Å². The van der Waals surface area contributed by atoms with Gasteiger partial charge in [0.05, 0.1) is 17.1 Å². The zero-order chi connectivity index (χ0) is 23.0. The first-order valence-corrected chi connectivity index (χ1v) is 13.2. The molecule has 4 rings (SSSR count). The van der Waals surface area contributed by atoms with Gasteiger partial charge < -0.3 is 10.1 Å². The Balaban J connectivity index is 1.57. The van der Waals surface area contributed by atoms with Crippen LogP contribution < -0.4 is 5.32 Å². The zero-order valence-corrected chi connectivity index (χ0v) is 20.1. The van der Waals surface area contributed by atoms with Crippen LogP contribution in [0.2, 0.25) is 0 Å². The van der Waals surface area contributed by atoms with Crippen molar-refractivity contribution in [3.63, 3.8) is 0 Å². The SMILES string of the molecule is CCOC(=O)c1c(NC(=O)c2ccc(S(=O)(=O)N(C)C3CC3)cc2)sc2c1CCC(C)C2. The predicted molar refractivity (Wildman–Crippen MR) is 124 cm³/mol. The number of hydrogen-bond donors (Lipinski definition) is 1. The van der Waals surface area contributed by atoms with Crippen molar-refractivity contribution in [3.8, 4) is 0 Å². The summed E-state index contributed by atoms with van der Waals surface area (Å²) < 4.78 is 32.0. The maximum Gasteiger partial charge on any atom is 0.341 e. The standard InChI is InChI=1S/C23H28N2O5S2/c1-4-30-23(27)20-18-12-5-14(2)13-19(18)31-22(20)24-21(26)15-6-10-17(11-7-15)32(28,29)25(3)16-8-9-16/h6-7,10-11,14,16H,4-5,8-9,12-13H2,1-3H3,(H,24,26). The second-order valence-corrected chi connectivity index (χ2v) is 11.6. The van der Waals surface area contributed by atoms with Gasteiger partial charge in [-0.25, -0.2) is 13.2 Å². The van der Waals surface area contributed by atoms with E-state index in [9.17, 15) is 18.0 Å². The number of sulfonamides is 1. The monoisotopic (exact) mass is 476 g/mol. The Labute approximate surface area is 192 Å². The Kier molecular flexibility index (Phi) is 6.42. The number of hydrogen-bond acceptors (Lipinski definition) is 6. The maximum absolute atomic E-state index is 12.9. The Morgan fingerprint density at radius 1 is 1.19 bits per heavy atom. The Morgan fingerprint density at radius 2 is 1.88 bits per heavy atom. The molecule has 0 aliphatic heterocycles. The van der Waals surface area contributed by atoms with Gasteiger partial charge in [0.15, 0.2) is 0 Å². The quantitative estimate of drug-likeness (QED) is 0.608. The van der Waals surface area contributed by atoms with E-state index in [4.69, 9.17) is 4.74 Å². The van der Waals surface area contributed by atoms with Crippen molar-refractivity contribution in [2.75, 3.05) is 19.0 Å². The second kappa shape index (κ2) is 8.96. The fourth-order valence-corrected chi connectivity index (χ4v) is 6.82. The number of anilines is 1. The van der Waals surface area contributed by atoms with Crippen LogP contribution in [0.25, 0.3) is 0 Å². The summed E-state index contributed by atoms with van der Waals surface area (Å²) in [4.78, 5) is 26.8. The van der Waals surface area contributed by atoms with E-state index >= 15 is 0 Å². The Hall–Kier alpha value is -2.23. The van der Waals surface area contributed by atoms with E-state index in [1.54, 1.807) is 14.0 Å². The molecule has 32 heavy (non-hydrogen) atoms. The fraction of sp³-hybridized carbons (Fsp3) is 0.478. The molecule has 2 aromatic rings. The first kappa shape index (κ1) is 22.9. The van der Waals surface area contributed by atoms with Crippen LogP contribution in [0.1, 0.15) is 64.3 Å². The van der Waals surface area contributed by atoms with Crippen molar-refractivity contribution in [3.05, 3.63) is 45.8 Å². The molecule has 1 aromatic carbocycles. The van der Waals surface area contributed by atoms with E-state index in [1.807, 2.05) is 0 Å². The third-order valence-electron chi connectivity index (χ3n) is 6.07. The van der Waals surface area contributed by atoms with Crippen molar-refractivity contribution in [1.82, 2.24) is 4.31 Å². The average molecular weight is 477 g/mol. The molecule has 2 aliphatic rings. The largest absolute Gasteiger partial charge is 0.462 e. The van der Waals surface area contributed by atoms with E-state index in [0.29, 0.717) is 22.0 Å². The minimum atomic E-state index is -3.57. The number of nitrogens with one attached hydrogen (secondary N) is 1. The van der Waals surface area contributed by atoms with Crippen LogP contribution in [0.5, 0.6) is 0 Å². The lowest BCUT2D eigenvalue weighted by Gasteiger charge is -2.18. The normalized spacial score (nSPS) is 18.3. The first-order valence-electron chi connectivity index (χ1n) is 10.9. The van der Waals surface area contributed by atoms with Crippen LogP contribution >= 0.6 is 11.3 Å². The summed E-state index contributed by atoms with van der Waals surface area (Å²) in [5.74, 6) is -0.274. The smallest absolute Gasteiger partial charge is 0.341 e. The topological polar surface area (TPSA) is 92.8 Å². The first-order chi connectivity index (χ1) is 15.2. The van der Waals surface area contributed by atoms with E-state index < -0.39 is 16.0 Å². The number of thiophene rings is 1. The van der Waals surface area contributed by atoms with Gasteiger partial charge in [0.25, 0.3) is 5.91 Å². The molecule has 0 saturated heterocycles. The summed E-state index contributed by atoms with van der Waals surface area (Å²) in [6.45, 7) is 4.20. The van der Waals surface area contributed by atoms with Gasteiger partial charge in [0.1, 0.15) is 5.00 Å². The molecular weight excluding hydrogens is 448 g/mol. The number of benzene rings is 1. The van der Waals surface area contributed by atoms with Crippen LogP contribution in [0.3, 0.4) is 0 Å². The molecule has 1 unspecified atom stereocenters. The van der Waals surface area contributed by atoms with Gasteiger partial charge in [0, 0.05) is 23.5 Å². The molecule has 1 amide bonds. The fourth-order valence-electron chi connectivity index (χ4n) is 4.01. The molecule has 1 aromatic heterocycles. The molecule has 0 spiro atoms. The molecule has 172 valence electrons. The number of nitrogens with zero attached hydrogens (tertiary/aromatic N) is 1. The number of esters is 1. The summed E-state index contributed by atoms with van der Waals surface area (Å²) in [6, 6.07) is 5.98. The third kappa shape index (κ3) is 4.46. The molecule has 1 saturated carbocycles. The van der Waals surface area contributed by atoms with Crippen molar-refractivity contribution in [1.29, 1.82) is 0 Å². The summed E-state index contributed by atoms with van der Waals surface area (Å²) in [6.07, 6.45) is 4.42. The van der Waals surface area contributed by atoms with Crippen LogP contribution in [-0.2, 0) is 27.6 Å². The van der Waals surface area contributed by atoms with Crippen LogP contribution in [0.15, 0.2) is 29.2 Å². The van der Waals surface area contributed by atoms with E-state index in [1.165, 1.54) is 39.9 Å². The molecule has 1 atom stereocenters. The van der Waals surface area contributed by atoms with Gasteiger partial charge in [-0.1, -0.05) is 6.92 Å². The predicted octanol–water partition coefficient (Wildman–Crippen LogP) is 4.08. The highest BCUT2D eigenvalue weighted by Crippen LogP contribution is 2.40. The number of ether oxygens (including phenoxy) is 1. The van der Waals surface area contributed by atoms with Gasteiger partial charge in [-0.15, -0.1) is 11.3 Å². The molecule has 9 heteroatoms. The summed E-state index contributed by atoms with van der Waals surface area (Å²) >= 11 is 1.43. The van der Waals surface area contributed by atoms with Gasteiger partial charge in [-0.05, 0) is 74.8 Å². The van der Waals surface area contributed by atoms with Gasteiger partial charge in [-0.3, -0.25) is 4.79 Å². The van der Waals surface area contributed by atoms with Crippen LogP contribution in [0.4, 0.5) is 5.00 Å². The molecule has 7 nitrogen and oxygen atoms in total. The molecule has 1 N–H and O–H groups in total. The molecule has 1 fully saturated rings. The summed E-state index contributed by atoms with van der Waals surface area (Å²) in [7, 11) is -1.98. The maximum atomic E-state index is 12.9. The van der Waals surface area contributed by atoms with Gasteiger partial charge in [-0.2, -0.15) is 4.31 Å². The van der Waals surface area contributed by atoms with Crippen molar-refractivity contribution >= 4 is 38.2 Å². The van der Waals surface area contributed by atoms with Crippen molar-refractivity contribution in [2.24, 2.45) is 5.92 Å². The number of rotatable bonds is 7. The highest BCUT2D eigenvalue weighted by atomic mass is 32.2. The van der Waals surface area contributed by atoms with Gasteiger partial charge >= 0.3 is 5.97 Å². The zero-order valence-electron chi connectivity index (χ0n) is 18.5. The van der Waals surface area contributed by atoms with Crippen LogP contribution in [-0.4, -0.2) is 44.3 Å². The van der Waals surface area contributed by atoms with E-state index in [-0.39, 0.29) is 23.5 Å². The highest BCUT2D eigenvalue weighted by molar-refractivity contribution is 7.89. The summed E-state index contributed by atoms with van der Waals surface area (Å²) in [5.41, 5.74) is 1.76. The lowest BCUT2D eigenvalue weighted by atomic mass is 9.88. The molecule has 1 heterocycles. The average Bonchev–Trinajstić information content (AvgIpc) is 3.54. The second-order valence-electron chi connectivity index (χ2n) is 8.51. The lowest BCUT2D eigenvalue weighted by Crippen LogP contribution is -2.29. The molecular formula is C23H28N2O5S2. The number of fused-ring (bicyclic) bond motifs is 1. The third-order valence-corrected chi connectivity index (χ3v) is 9.17. The number of carbonyl (C=O) groups excluding carboxylic acids is 2. The minimum absolute atomic E-state index is 0.0665.